The molecule has 0 aliphatic rings. The molecular formula is C13H20BrNO2S. The van der Waals surface area contributed by atoms with Gasteiger partial charge in [0, 0.05) is 22.8 Å². The summed E-state index contributed by atoms with van der Waals surface area (Å²) in [5, 5.41) is 3.24. The van der Waals surface area contributed by atoms with E-state index in [1.807, 2.05) is 38.1 Å². The summed E-state index contributed by atoms with van der Waals surface area (Å²) in [7, 11) is -2.89. The Balaban J connectivity index is 2.45. The molecule has 1 rings (SSSR count). The second-order valence-corrected chi connectivity index (χ2v) is 7.60. The van der Waals surface area contributed by atoms with Crippen molar-refractivity contribution in [1.29, 1.82) is 0 Å². The van der Waals surface area contributed by atoms with Gasteiger partial charge in [-0.1, -0.05) is 35.0 Å². The van der Waals surface area contributed by atoms with E-state index in [4.69, 9.17) is 0 Å². The van der Waals surface area contributed by atoms with Crippen LogP contribution in [0, 0.1) is 0 Å². The highest BCUT2D eigenvalue weighted by atomic mass is 79.9. The lowest BCUT2D eigenvalue weighted by atomic mass is 10.1. The van der Waals surface area contributed by atoms with Gasteiger partial charge in [-0.15, -0.1) is 0 Å². The van der Waals surface area contributed by atoms with E-state index in [0.29, 0.717) is 13.0 Å². The quantitative estimate of drug-likeness (QED) is 0.834. The standard InChI is InChI=1S/C13H20BrNO2S/c1-3-8-18(16,17)9-7-15-11(2)12-5-4-6-13(14)10-12/h4-6,10-11,15H,3,7-9H2,1-2H3. The van der Waals surface area contributed by atoms with Gasteiger partial charge in [0.15, 0.2) is 9.84 Å². The van der Waals surface area contributed by atoms with Crippen molar-refractivity contribution in [2.24, 2.45) is 0 Å². The second kappa shape index (κ2) is 7.26. The number of nitrogens with one attached hydrogen (secondary N) is 1. The first-order valence-corrected chi connectivity index (χ1v) is 8.75. The van der Waals surface area contributed by atoms with Crippen LogP contribution < -0.4 is 5.32 Å². The third kappa shape index (κ3) is 5.50. The fourth-order valence-electron chi connectivity index (χ4n) is 1.74. The minimum absolute atomic E-state index is 0.152. The molecule has 0 amide bonds. The van der Waals surface area contributed by atoms with Crippen LogP contribution in [0.5, 0.6) is 0 Å². The fourth-order valence-corrected chi connectivity index (χ4v) is 3.41. The van der Waals surface area contributed by atoms with Gasteiger partial charge in [-0.3, -0.25) is 0 Å². The molecule has 0 saturated heterocycles. The summed E-state index contributed by atoms with van der Waals surface area (Å²) in [6, 6.07) is 8.17. The number of hydrogen-bond donors (Lipinski definition) is 1. The van der Waals surface area contributed by atoms with Gasteiger partial charge in [0.2, 0.25) is 0 Å². The van der Waals surface area contributed by atoms with Gasteiger partial charge >= 0.3 is 0 Å². The lowest BCUT2D eigenvalue weighted by molar-refractivity contribution is 0.571. The minimum atomic E-state index is -2.89. The summed E-state index contributed by atoms with van der Waals surface area (Å²) in [5.74, 6) is 0.485. The molecule has 0 aliphatic heterocycles. The summed E-state index contributed by atoms with van der Waals surface area (Å²) in [6.07, 6.45) is 0.684. The Bertz CT molecular complexity index is 474. The van der Waals surface area contributed by atoms with E-state index in [1.54, 1.807) is 0 Å². The van der Waals surface area contributed by atoms with E-state index in [0.717, 1.165) is 10.0 Å². The van der Waals surface area contributed by atoms with Crippen LogP contribution in [0.4, 0.5) is 0 Å². The van der Waals surface area contributed by atoms with Crippen molar-refractivity contribution in [3.63, 3.8) is 0 Å². The summed E-state index contributed by atoms with van der Waals surface area (Å²) in [6.45, 7) is 4.42. The molecule has 1 aromatic rings. The van der Waals surface area contributed by atoms with Crippen LogP contribution in [-0.2, 0) is 9.84 Å². The zero-order valence-corrected chi connectivity index (χ0v) is 13.2. The molecular weight excluding hydrogens is 314 g/mol. The van der Waals surface area contributed by atoms with Crippen LogP contribution in [0.15, 0.2) is 28.7 Å². The summed E-state index contributed by atoms with van der Waals surface area (Å²) < 4.78 is 24.1. The predicted molar refractivity (Wildman–Crippen MR) is 79.5 cm³/mol. The topological polar surface area (TPSA) is 46.2 Å². The molecule has 1 atom stereocenters. The molecule has 1 N–H and O–H groups in total. The highest BCUT2D eigenvalue weighted by Gasteiger charge is 2.10. The normalized spacial score (nSPS) is 13.5. The molecule has 0 radical (unpaired) electrons. The van der Waals surface area contributed by atoms with Crippen molar-refractivity contribution in [3.05, 3.63) is 34.3 Å². The van der Waals surface area contributed by atoms with Gasteiger partial charge in [0.05, 0.1) is 5.75 Å². The Labute approximate surface area is 118 Å². The van der Waals surface area contributed by atoms with E-state index in [-0.39, 0.29) is 17.5 Å². The molecule has 3 nitrogen and oxygen atoms in total. The maximum atomic E-state index is 11.6. The number of benzene rings is 1. The highest BCUT2D eigenvalue weighted by molar-refractivity contribution is 9.10. The van der Waals surface area contributed by atoms with Crippen molar-refractivity contribution < 1.29 is 8.42 Å². The lowest BCUT2D eigenvalue weighted by Crippen LogP contribution is -2.26. The van der Waals surface area contributed by atoms with Crippen LogP contribution >= 0.6 is 15.9 Å². The van der Waals surface area contributed by atoms with E-state index in [9.17, 15) is 8.42 Å². The molecule has 0 aromatic heterocycles. The number of hydrogen-bond acceptors (Lipinski definition) is 3. The molecule has 0 fully saturated rings. The molecule has 0 saturated carbocycles. The molecule has 18 heavy (non-hydrogen) atoms. The molecule has 1 unspecified atom stereocenters. The molecule has 0 heterocycles. The monoisotopic (exact) mass is 333 g/mol. The van der Waals surface area contributed by atoms with E-state index < -0.39 is 9.84 Å². The zero-order chi connectivity index (χ0) is 13.6. The highest BCUT2D eigenvalue weighted by Crippen LogP contribution is 2.17. The fraction of sp³-hybridized carbons (Fsp3) is 0.538. The van der Waals surface area contributed by atoms with Crippen molar-refractivity contribution in [3.8, 4) is 0 Å². The van der Waals surface area contributed by atoms with E-state index >= 15 is 0 Å². The maximum Gasteiger partial charge on any atom is 0.151 e. The molecule has 0 aliphatic carbocycles. The van der Waals surface area contributed by atoms with E-state index in [2.05, 4.69) is 21.2 Å². The van der Waals surface area contributed by atoms with Crippen LogP contribution in [0.3, 0.4) is 0 Å². The molecule has 1 aromatic carbocycles. The van der Waals surface area contributed by atoms with Crippen LogP contribution in [-0.4, -0.2) is 26.5 Å². The van der Waals surface area contributed by atoms with Crippen molar-refractivity contribution in [2.75, 3.05) is 18.1 Å². The molecule has 5 heteroatoms. The van der Waals surface area contributed by atoms with Gasteiger partial charge in [0.25, 0.3) is 0 Å². The smallest absolute Gasteiger partial charge is 0.151 e. The third-order valence-electron chi connectivity index (χ3n) is 2.73. The number of rotatable bonds is 7. The average molecular weight is 334 g/mol. The third-order valence-corrected chi connectivity index (χ3v) is 5.08. The summed E-state index contributed by atoms with van der Waals surface area (Å²) in [4.78, 5) is 0. The Hall–Kier alpha value is -0.390. The Morgan fingerprint density at radius 2 is 2.06 bits per heavy atom. The predicted octanol–water partition coefficient (Wildman–Crippen LogP) is 2.92. The van der Waals surface area contributed by atoms with E-state index in [1.165, 1.54) is 0 Å². The zero-order valence-electron chi connectivity index (χ0n) is 10.8. The molecule has 0 spiro atoms. The van der Waals surface area contributed by atoms with Gasteiger partial charge in [0.1, 0.15) is 0 Å². The van der Waals surface area contributed by atoms with Gasteiger partial charge in [-0.2, -0.15) is 0 Å². The van der Waals surface area contributed by atoms with Crippen molar-refractivity contribution >= 4 is 25.8 Å². The largest absolute Gasteiger partial charge is 0.309 e. The Morgan fingerprint density at radius 1 is 1.33 bits per heavy atom. The average Bonchev–Trinajstić information content (AvgIpc) is 2.28. The van der Waals surface area contributed by atoms with Gasteiger partial charge in [-0.05, 0) is 31.0 Å². The first-order chi connectivity index (χ1) is 8.44. The van der Waals surface area contributed by atoms with Gasteiger partial charge < -0.3 is 5.32 Å². The van der Waals surface area contributed by atoms with Crippen molar-refractivity contribution in [2.45, 2.75) is 26.3 Å². The summed E-state index contributed by atoms with van der Waals surface area (Å²) >= 11 is 3.43. The molecule has 0 bridgehead atoms. The van der Waals surface area contributed by atoms with Gasteiger partial charge in [-0.25, -0.2) is 8.42 Å². The number of halogens is 1. The maximum absolute atomic E-state index is 11.6. The van der Waals surface area contributed by atoms with Crippen LogP contribution in [0.25, 0.3) is 0 Å². The lowest BCUT2D eigenvalue weighted by Gasteiger charge is -2.14. The van der Waals surface area contributed by atoms with Crippen molar-refractivity contribution in [1.82, 2.24) is 5.32 Å². The minimum Gasteiger partial charge on any atom is -0.309 e. The number of sulfone groups is 1. The molecule has 102 valence electrons. The first-order valence-electron chi connectivity index (χ1n) is 6.14. The van der Waals surface area contributed by atoms with Crippen LogP contribution in [0.2, 0.25) is 0 Å². The SMILES string of the molecule is CCCS(=O)(=O)CCNC(C)c1cccc(Br)c1. The van der Waals surface area contributed by atoms with Crippen LogP contribution in [0.1, 0.15) is 31.9 Å². The second-order valence-electron chi connectivity index (χ2n) is 4.38. The Kier molecular flexibility index (Phi) is 6.32. The summed E-state index contributed by atoms with van der Waals surface area (Å²) in [5.41, 5.74) is 1.15. The Morgan fingerprint density at radius 3 is 2.67 bits per heavy atom. The first kappa shape index (κ1) is 15.7.